The molecule has 2 aromatic rings. The smallest absolute Gasteiger partial charge is 0.315 e. The third kappa shape index (κ3) is 2.77. The lowest BCUT2D eigenvalue weighted by Gasteiger charge is -2.17. The van der Waals surface area contributed by atoms with Gasteiger partial charge in [0, 0.05) is 11.3 Å². The minimum Gasteiger partial charge on any atom is -0.454 e. The van der Waals surface area contributed by atoms with Crippen molar-refractivity contribution in [2.45, 2.75) is 56.9 Å². The van der Waals surface area contributed by atoms with Crippen LogP contribution in [0.3, 0.4) is 0 Å². The molecule has 4 rings (SSSR count). The summed E-state index contributed by atoms with van der Waals surface area (Å²) in [5, 5.41) is 0.689. The number of hydrogen-bond acceptors (Lipinski definition) is 5. The number of fused-ring (bicyclic) bond motifs is 3. The molecule has 140 valence electrons. The summed E-state index contributed by atoms with van der Waals surface area (Å²) < 4.78 is 4.40. The van der Waals surface area contributed by atoms with Crippen molar-refractivity contribution in [1.29, 1.82) is 0 Å². The molecular weight excluding hydrogens is 395 g/mol. The lowest BCUT2D eigenvalue weighted by atomic mass is 9.89. The molecule has 1 N–H and O–H groups in total. The Morgan fingerprint density at radius 1 is 1.46 bits per heavy atom. The van der Waals surface area contributed by atoms with Gasteiger partial charge in [0.05, 0.1) is 5.39 Å². The number of esters is 1. The summed E-state index contributed by atoms with van der Waals surface area (Å²) in [4.78, 5) is 34.3. The Hall–Kier alpha value is -1.11. The van der Waals surface area contributed by atoms with Crippen molar-refractivity contribution in [2.75, 3.05) is 0 Å². The Kier molecular flexibility index (Phi) is 4.18. The van der Waals surface area contributed by atoms with Gasteiger partial charge >= 0.3 is 5.97 Å². The highest BCUT2D eigenvalue weighted by Gasteiger charge is 2.69. The predicted molar refractivity (Wildman–Crippen MR) is 103 cm³/mol. The number of nitrogens with one attached hydrogen (secondary N) is 1. The summed E-state index contributed by atoms with van der Waals surface area (Å²) in [6, 6.07) is 0. The van der Waals surface area contributed by atoms with Gasteiger partial charge in [-0.25, -0.2) is 4.98 Å². The first-order valence-electron chi connectivity index (χ1n) is 8.76. The molecule has 26 heavy (non-hydrogen) atoms. The summed E-state index contributed by atoms with van der Waals surface area (Å²) in [6.45, 7) is 5.59. The first-order chi connectivity index (χ1) is 12.1. The SMILES string of the molecule is C[C@H]1CCc2c(sc3nc([C@@H](C)OC(=O)[C@]4(C)CC4(Cl)Cl)[nH]c(=O)c23)C1. The van der Waals surface area contributed by atoms with Crippen molar-refractivity contribution < 1.29 is 9.53 Å². The van der Waals surface area contributed by atoms with Crippen LogP contribution >= 0.6 is 34.5 Å². The largest absolute Gasteiger partial charge is 0.454 e. The van der Waals surface area contributed by atoms with Crippen molar-refractivity contribution in [2.24, 2.45) is 11.3 Å². The topological polar surface area (TPSA) is 72.0 Å². The molecule has 2 aliphatic carbocycles. The van der Waals surface area contributed by atoms with Gasteiger partial charge in [-0.15, -0.1) is 34.5 Å². The van der Waals surface area contributed by atoms with Crippen molar-refractivity contribution in [3.63, 3.8) is 0 Å². The van der Waals surface area contributed by atoms with E-state index in [2.05, 4.69) is 16.9 Å². The molecule has 2 aliphatic rings. The highest BCUT2D eigenvalue weighted by molar-refractivity contribution is 7.18. The molecular formula is C18H20Cl2N2O3S. The lowest BCUT2D eigenvalue weighted by molar-refractivity contribution is -0.155. The van der Waals surface area contributed by atoms with Gasteiger partial charge in [-0.05, 0) is 44.6 Å². The molecule has 8 heteroatoms. The minimum absolute atomic E-state index is 0.165. The van der Waals surface area contributed by atoms with E-state index in [-0.39, 0.29) is 5.56 Å². The zero-order chi connectivity index (χ0) is 18.9. The van der Waals surface area contributed by atoms with Crippen LogP contribution in [-0.4, -0.2) is 20.3 Å². The van der Waals surface area contributed by atoms with Crippen molar-refractivity contribution in [3.8, 4) is 0 Å². The molecule has 0 aromatic carbocycles. The van der Waals surface area contributed by atoms with E-state index in [1.165, 1.54) is 4.88 Å². The third-order valence-corrected chi connectivity index (χ3v) is 7.81. The fourth-order valence-electron chi connectivity index (χ4n) is 3.53. The van der Waals surface area contributed by atoms with Crippen LogP contribution in [-0.2, 0) is 22.4 Å². The van der Waals surface area contributed by atoms with Gasteiger partial charge < -0.3 is 9.72 Å². The number of carbonyl (C=O) groups excluding carboxylic acids is 1. The average molecular weight is 415 g/mol. The van der Waals surface area contributed by atoms with Gasteiger partial charge in [0.15, 0.2) is 11.9 Å². The van der Waals surface area contributed by atoms with E-state index < -0.39 is 21.8 Å². The number of thiophene rings is 1. The molecule has 0 spiro atoms. The molecule has 0 radical (unpaired) electrons. The van der Waals surface area contributed by atoms with Crippen molar-refractivity contribution >= 4 is 50.7 Å². The number of H-pyrrole nitrogens is 1. The van der Waals surface area contributed by atoms with Crippen molar-refractivity contribution in [3.05, 3.63) is 26.6 Å². The van der Waals surface area contributed by atoms with Crippen LogP contribution < -0.4 is 5.56 Å². The Labute approximate surface area is 165 Å². The molecule has 0 bridgehead atoms. The van der Waals surface area contributed by atoms with Gasteiger partial charge in [-0.3, -0.25) is 9.59 Å². The van der Waals surface area contributed by atoms with E-state index in [1.54, 1.807) is 25.2 Å². The zero-order valence-corrected chi connectivity index (χ0v) is 17.1. The first-order valence-corrected chi connectivity index (χ1v) is 10.3. The Balaban J connectivity index is 1.63. The summed E-state index contributed by atoms with van der Waals surface area (Å²) in [7, 11) is 0. The molecule has 5 nitrogen and oxygen atoms in total. The highest BCUT2D eigenvalue weighted by atomic mass is 35.5. The number of aromatic nitrogens is 2. The van der Waals surface area contributed by atoms with E-state index in [9.17, 15) is 9.59 Å². The number of aromatic amines is 1. The normalized spacial score (nSPS) is 27.8. The maximum atomic E-state index is 12.6. The zero-order valence-electron chi connectivity index (χ0n) is 14.8. The number of carbonyl (C=O) groups is 1. The van der Waals surface area contributed by atoms with Crippen LogP contribution in [0.4, 0.5) is 0 Å². The number of nitrogens with zero attached hydrogens (tertiary/aromatic N) is 1. The third-order valence-electron chi connectivity index (χ3n) is 5.56. The average Bonchev–Trinajstić information content (AvgIpc) is 2.90. The van der Waals surface area contributed by atoms with Crippen LogP contribution in [0.1, 0.15) is 56.0 Å². The number of alkyl halides is 2. The van der Waals surface area contributed by atoms with Gasteiger partial charge in [0.1, 0.15) is 14.6 Å². The fraction of sp³-hybridized carbons (Fsp3) is 0.611. The molecule has 0 unspecified atom stereocenters. The Morgan fingerprint density at radius 2 is 2.15 bits per heavy atom. The monoisotopic (exact) mass is 414 g/mol. The second-order valence-electron chi connectivity index (χ2n) is 7.74. The molecule has 3 atom stereocenters. The fourth-order valence-corrected chi connectivity index (χ4v) is 5.61. The predicted octanol–water partition coefficient (Wildman–Crippen LogP) is 4.30. The number of hydrogen-bond donors (Lipinski definition) is 1. The quantitative estimate of drug-likeness (QED) is 0.600. The van der Waals surface area contributed by atoms with E-state index in [0.717, 1.165) is 24.8 Å². The number of rotatable bonds is 3. The van der Waals surface area contributed by atoms with E-state index in [0.29, 0.717) is 28.4 Å². The molecule has 1 fully saturated rings. The van der Waals surface area contributed by atoms with Crippen molar-refractivity contribution in [1.82, 2.24) is 9.97 Å². The summed E-state index contributed by atoms with van der Waals surface area (Å²) >= 11 is 13.6. The molecule has 0 amide bonds. The van der Waals surface area contributed by atoms with Crippen LogP contribution in [0.15, 0.2) is 4.79 Å². The molecule has 0 aliphatic heterocycles. The summed E-state index contributed by atoms with van der Waals surface area (Å²) in [5.41, 5.74) is 0.0571. The second-order valence-corrected chi connectivity index (χ2v) is 10.3. The molecule has 2 heterocycles. The molecule has 1 saturated carbocycles. The van der Waals surface area contributed by atoms with E-state index >= 15 is 0 Å². The maximum absolute atomic E-state index is 12.6. The molecule has 0 saturated heterocycles. The van der Waals surface area contributed by atoms with Crippen LogP contribution in [0.2, 0.25) is 0 Å². The summed E-state index contributed by atoms with van der Waals surface area (Å²) in [5.74, 6) is 0.498. The van der Waals surface area contributed by atoms with E-state index in [4.69, 9.17) is 27.9 Å². The standard InChI is InChI=1S/C18H20Cl2N2O3S/c1-8-4-5-10-11(6-8)26-15-12(10)14(23)21-13(22-15)9(2)25-16(24)17(3)7-18(17,19)20/h8-9H,4-7H2,1-3H3,(H,21,22,23)/t8-,9+,17-/m0/s1. The second kappa shape index (κ2) is 5.94. The highest BCUT2D eigenvalue weighted by Crippen LogP contribution is 2.64. The number of ether oxygens (including phenoxy) is 1. The number of aryl methyl sites for hydroxylation is 1. The van der Waals surface area contributed by atoms with E-state index in [1.807, 2.05) is 0 Å². The minimum atomic E-state index is -1.09. The molecule has 2 aromatic heterocycles. The van der Waals surface area contributed by atoms with Crippen LogP contribution in [0.25, 0.3) is 10.2 Å². The Morgan fingerprint density at radius 3 is 2.81 bits per heavy atom. The summed E-state index contributed by atoms with van der Waals surface area (Å²) in [6.07, 6.45) is 2.66. The van der Waals surface area contributed by atoms with Crippen LogP contribution in [0, 0.1) is 11.3 Å². The van der Waals surface area contributed by atoms with Gasteiger partial charge in [0.25, 0.3) is 5.56 Å². The maximum Gasteiger partial charge on any atom is 0.315 e. The van der Waals surface area contributed by atoms with Gasteiger partial charge in [0.2, 0.25) is 0 Å². The first kappa shape index (κ1) is 18.3. The van der Waals surface area contributed by atoms with Gasteiger partial charge in [-0.1, -0.05) is 6.92 Å². The van der Waals surface area contributed by atoms with Crippen LogP contribution in [0.5, 0.6) is 0 Å². The lowest BCUT2D eigenvalue weighted by Crippen LogP contribution is -2.24. The number of halogens is 2. The van der Waals surface area contributed by atoms with Gasteiger partial charge in [-0.2, -0.15) is 0 Å². The Bertz CT molecular complexity index is 967.